The molecule has 48 heavy (non-hydrogen) atoms. The van der Waals surface area contributed by atoms with E-state index in [0.717, 1.165) is 23.8 Å². The number of hydrogen-bond donors (Lipinski definition) is 1. The molecule has 4 heterocycles. The molecule has 1 aromatic carbocycles. The molecule has 2 aliphatic rings. The fourth-order valence-electron chi connectivity index (χ4n) is 5.93. The van der Waals surface area contributed by atoms with Crippen LogP contribution in [0.4, 0.5) is 29.3 Å². The van der Waals surface area contributed by atoms with Gasteiger partial charge in [-0.3, -0.25) is 9.59 Å². The molecule has 0 aliphatic carbocycles. The van der Waals surface area contributed by atoms with Crippen molar-refractivity contribution in [3.05, 3.63) is 56.7 Å². The largest absolute Gasteiger partial charge is 0.444 e. The predicted molar refractivity (Wildman–Crippen MR) is 174 cm³/mol. The van der Waals surface area contributed by atoms with Crippen molar-refractivity contribution >= 4 is 46.3 Å². The second-order valence-corrected chi connectivity index (χ2v) is 13.2. The first-order valence-electron chi connectivity index (χ1n) is 15.7. The number of piperazine rings is 1. The van der Waals surface area contributed by atoms with Crippen LogP contribution in [-0.4, -0.2) is 80.1 Å². The molecule has 2 aromatic heterocycles. The zero-order valence-electron chi connectivity index (χ0n) is 27.7. The van der Waals surface area contributed by atoms with Gasteiger partial charge in [-0.2, -0.15) is 22.7 Å². The summed E-state index contributed by atoms with van der Waals surface area (Å²) in [7, 11) is 0. The van der Waals surface area contributed by atoms with Crippen molar-refractivity contribution in [1.29, 1.82) is 0 Å². The Morgan fingerprint density at radius 2 is 1.88 bits per heavy atom. The Kier molecular flexibility index (Phi) is 9.84. The molecule has 260 valence electrons. The molecule has 1 fully saturated rings. The van der Waals surface area contributed by atoms with Gasteiger partial charge in [0.05, 0.1) is 41.2 Å². The van der Waals surface area contributed by atoms with Crippen LogP contribution < -0.4 is 15.8 Å². The number of carbonyl (C=O) groups excluding carboxylic acids is 2. The molecule has 0 bridgehead atoms. The van der Waals surface area contributed by atoms with Crippen molar-refractivity contribution in [2.75, 3.05) is 36.5 Å². The van der Waals surface area contributed by atoms with Crippen molar-refractivity contribution in [1.82, 2.24) is 24.1 Å². The number of hydrogen-bond acceptors (Lipinski definition) is 8. The quantitative estimate of drug-likeness (QED) is 0.364. The molecule has 2 amide bonds. The summed E-state index contributed by atoms with van der Waals surface area (Å²) in [6.45, 7) is 12.1. The topological polar surface area (TPSA) is 123 Å². The number of nitrogens with one attached hydrogen (secondary N) is 1. The molecule has 16 heteroatoms. The molecule has 0 radical (unpaired) electrons. The van der Waals surface area contributed by atoms with Crippen LogP contribution in [0.15, 0.2) is 29.1 Å². The van der Waals surface area contributed by atoms with Gasteiger partial charge in [0, 0.05) is 19.1 Å². The number of nitrogens with zero attached hydrogens (tertiary/aromatic N) is 6. The number of carbonyl (C=O) groups is 2. The van der Waals surface area contributed by atoms with Crippen LogP contribution >= 0.6 is 11.6 Å². The second-order valence-electron chi connectivity index (χ2n) is 12.8. The van der Waals surface area contributed by atoms with E-state index in [4.69, 9.17) is 21.1 Å². The molecule has 1 saturated heterocycles. The van der Waals surface area contributed by atoms with Crippen LogP contribution in [0.25, 0.3) is 11.4 Å². The Hall–Kier alpha value is -4.11. The second kappa shape index (κ2) is 13.4. The Morgan fingerprint density at radius 3 is 2.48 bits per heavy atom. The lowest BCUT2D eigenvalue weighted by Gasteiger charge is -2.46. The fraction of sp³-hybridized carbons (Fsp3) is 0.531. The maximum Gasteiger partial charge on any atom is 0.416 e. The van der Waals surface area contributed by atoms with E-state index < -0.39 is 34.9 Å². The third-order valence-electron chi connectivity index (χ3n) is 8.46. The van der Waals surface area contributed by atoms with E-state index in [9.17, 15) is 27.6 Å². The Labute approximate surface area is 280 Å². The number of fused-ring (bicyclic) bond motifs is 1. The summed E-state index contributed by atoms with van der Waals surface area (Å²) in [5.74, 6) is -0.149. The van der Waals surface area contributed by atoms with E-state index in [1.54, 1.807) is 30.2 Å². The smallest absolute Gasteiger partial charge is 0.416 e. The zero-order chi connectivity index (χ0) is 35.1. The number of aromatic nitrogens is 4. The summed E-state index contributed by atoms with van der Waals surface area (Å²) in [5, 5.41) is 6.89. The first-order valence-corrected chi connectivity index (χ1v) is 16.1. The Bertz CT molecular complexity index is 1810. The molecule has 5 rings (SSSR count). The maximum absolute atomic E-state index is 14.3. The van der Waals surface area contributed by atoms with Crippen molar-refractivity contribution in [2.45, 2.75) is 84.8 Å². The number of benzene rings is 1. The van der Waals surface area contributed by atoms with Gasteiger partial charge in [0.1, 0.15) is 17.8 Å². The normalized spacial score (nSPS) is 19.0. The van der Waals surface area contributed by atoms with Crippen LogP contribution in [-0.2, 0) is 33.4 Å². The summed E-state index contributed by atoms with van der Waals surface area (Å²) < 4.78 is 53.4. The van der Waals surface area contributed by atoms with E-state index in [1.165, 1.54) is 4.52 Å². The fourth-order valence-corrected chi connectivity index (χ4v) is 6.16. The summed E-state index contributed by atoms with van der Waals surface area (Å²) in [6, 6.07) is 1.99. The molecule has 2 atom stereocenters. The van der Waals surface area contributed by atoms with E-state index in [0.29, 0.717) is 49.8 Å². The predicted octanol–water partition coefficient (Wildman–Crippen LogP) is 5.40. The van der Waals surface area contributed by atoms with Crippen LogP contribution in [0.5, 0.6) is 0 Å². The van der Waals surface area contributed by atoms with E-state index in [-0.39, 0.29) is 41.7 Å². The number of amides is 2. The monoisotopic (exact) mass is 693 g/mol. The SMILES string of the molecule is CCc1c(N2CCN(C(=O)OC(C)(C)C)C(C)C2C)c(=O)n2nc(C3=CCOCC3)nc2n1CC(=O)Nc1ccc(C(F)(F)F)cc1Cl. The van der Waals surface area contributed by atoms with E-state index in [1.807, 2.05) is 31.7 Å². The minimum Gasteiger partial charge on any atom is -0.444 e. The van der Waals surface area contributed by atoms with Gasteiger partial charge in [-0.15, -0.1) is 5.10 Å². The van der Waals surface area contributed by atoms with Gasteiger partial charge >= 0.3 is 12.3 Å². The van der Waals surface area contributed by atoms with E-state index >= 15 is 0 Å². The van der Waals surface area contributed by atoms with Gasteiger partial charge in [0.25, 0.3) is 5.56 Å². The van der Waals surface area contributed by atoms with Gasteiger partial charge in [-0.1, -0.05) is 24.6 Å². The average Bonchev–Trinajstić information content (AvgIpc) is 3.46. The lowest BCUT2D eigenvalue weighted by Crippen LogP contribution is -2.61. The standard InChI is InChI=1S/C32H39ClF3N7O5/c1-7-24-26(40-12-13-41(19(3)18(40)2)30(46)48-31(4,5)6)28(45)43-29(38-27(39-43)20-10-14-47-15-11-20)42(24)17-25(44)37-23-9-8-21(16-22(23)33)32(34,35)36/h8-10,16,18-19H,7,11-15,17H2,1-6H3,(H,37,44). The van der Waals surface area contributed by atoms with Crippen molar-refractivity contribution in [2.24, 2.45) is 0 Å². The first-order chi connectivity index (χ1) is 22.5. The molecule has 3 aromatic rings. The highest BCUT2D eigenvalue weighted by atomic mass is 35.5. The number of ether oxygens (including phenoxy) is 2. The summed E-state index contributed by atoms with van der Waals surface area (Å²) in [4.78, 5) is 49.1. The van der Waals surface area contributed by atoms with E-state index in [2.05, 4.69) is 15.4 Å². The Balaban J connectivity index is 1.56. The van der Waals surface area contributed by atoms with Crippen LogP contribution in [0.3, 0.4) is 0 Å². The lowest BCUT2D eigenvalue weighted by molar-refractivity contribution is -0.137. The molecule has 2 unspecified atom stereocenters. The van der Waals surface area contributed by atoms with Crippen molar-refractivity contribution in [3.63, 3.8) is 0 Å². The summed E-state index contributed by atoms with van der Waals surface area (Å²) in [6.07, 6.45) is -2.35. The van der Waals surface area contributed by atoms with Crippen LogP contribution in [0, 0.1) is 0 Å². The number of rotatable bonds is 6. The van der Waals surface area contributed by atoms with Gasteiger partial charge in [0.15, 0.2) is 5.82 Å². The summed E-state index contributed by atoms with van der Waals surface area (Å²) in [5.41, 5.74) is -0.442. The maximum atomic E-state index is 14.3. The van der Waals surface area contributed by atoms with Gasteiger partial charge in [-0.25, -0.2) is 4.79 Å². The van der Waals surface area contributed by atoms with Crippen LogP contribution in [0.1, 0.15) is 65.0 Å². The minimum absolute atomic E-state index is 0.000216. The molecule has 2 aliphatic heterocycles. The molecular formula is C32H39ClF3N7O5. The Morgan fingerprint density at radius 1 is 1.15 bits per heavy atom. The molecule has 1 N–H and O–H groups in total. The number of anilines is 2. The molecular weight excluding hydrogens is 655 g/mol. The van der Waals surface area contributed by atoms with Crippen LogP contribution in [0.2, 0.25) is 5.02 Å². The third-order valence-corrected chi connectivity index (χ3v) is 8.77. The number of alkyl halides is 3. The van der Waals surface area contributed by atoms with Crippen molar-refractivity contribution in [3.8, 4) is 0 Å². The highest BCUT2D eigenvalue weighted by Crippen LogP contribution is 2.34. The number of halogens is 4. The van der Waals surface area contributed by atoms with Gasteiger partial charge < -0.3 is 29.2 Å². The van der Waals surface area contributed by atoms with Crippen molar-refractivity contribution < 1.29 is 32.2 Å². The summed E-state index contributed by atoms with van der Waals surface area (Å²) >= 11 is 6.12. The van der Waals surface area contributed by atoms with Gasteiger partial charge in [-0.05, 0) is 71.2 Å². The van der Waals surface area contributed by atoms with Gasteiger partial charge in [0.2, 0.25) is 11.7 Å². The highest BCUT2D eigenvalue weighted by molar-refractivity contribution is 6.33. The highest BCUT2D eigenvalue weighted by Gasteiger charge is 2.38. The molecule has 0 spiro atoms. The zero-order valence-corrected chi connectivity index (χ0v) is 28.4. The third kappa shape index (κ3) is 7.16. The minimum atomic E-state index is -4.60. The average molecular weight is 694 g/mol. The lowest BCUT2D eigenvalue weighted by atomic mass is 10.0. The molecule has 12 nitrogen and oxygen atoms in total. The molecule has 0 saturated carbocycles. The first kappa shape index (κ1) is 35.2.